The third kappa shape index (κ3) is 4.17. The summed E-state index contributed by atoms with van der Waals surface area (Å²) in [6.45, 7) is 0.581. The Morgan fingerprint density at radius 1 is 1.17 bits per heavy atom. The topological polar surface area (TPSA) is 32.3 Å². The van der Waals surface area contributed by atoms with Crippen molar-refractivity contribution < 1.29 is 9.18 Å². The summed E-state index contributed by atoms with van der Waals surface area (Å²) in [4.78, 5) is 14.7. The number of hydrogen-bond donors (Lipinski definition) is 1. The van der Waals surface area contributed by atoms with Crippen molar-refractivity contribution in [2.24, 2.45) is 0 Å². The number of carbonyl (C=O) groups excluding carboxylic acids is 1. The zero-order chi connectivity index (χ0) is 16.2. The van der Waals surface area contributed by atoms with E-state index in [0.29, 0.717) is 12.6 Å². The van der Waals surface area contributed by atoms with Crippen LogP contribution in [0.1, 0.15) is 30.0 Å². The van der Waals surface area contributed by atoms with Crippen molar-refractivity contribution in [2.45, 2.75) is 31.5 Å². The fraction of sp³-hybridized carbons (Fsp3) is 0.316. The minimum absolute atomic E-state index is 0.0308. The standard InChI is InChI=1S/C19H21FN2O/c1-22(13-14-7-9-16(20)10-8-14)18(15-5-3-2-4-6-15)19(23)21-17-11-12-17/h2-10,17-18H,11-13H2,1H3,(H,21,23)/t18-/m0/s1. The van der Waals surface area contributed by atoms with Crippen molar-refractivity contribution in [1.82, 2.24) is 10.2 Å². The number of nitrogens with one attached hydrogen (secondary N) is 1. The van der Waals surface area contributed by atoms with Gasteiger partial charge >= 0.3 is 0 Å². The molecule has 0 heterocycles. The number of amides is 1. The van der Waals surface area contributed by atoms with Crippen molar-refractivity contribution >= 4 is 5.91 Å². The number of benzene rings is 2. The number of nitrogens with zero attached hydrogens (tertiary/aromatic N) is 1. The molecule has 1 atom stereocenters. The summed E-state index contributed by atoms with van der Waals surface area (Å²) in [7, 11) is 1.92. The molecule has 0 bridgehead atoms. The molecule has 2 aromatic rings. The molecular weight excluding hydrogens is 291 g/mol. The van der Waals surface area contributed by atoms with Gasteiger partial charge in [0.15, 0.2) is 0 Å². The lowest BCUT2D eigenvalue weighted by molar-refractivity contribution is -0.126. The maximum Gasteiger partial charge on any atom is 0.242 e. The van der Waals surface area contributed by atoms with Crippen LogP contribution >= 0.6 is 0 Å². The molecule has 1 fully saturated rings. The van der Waals surface area contributed by atoms with Crippen LogP contribution in [0.4, 0.5) is 4.39 Å². The fourth-order valence-corrected chi connectivity index (χ4v) is 2.72. The molecule has 0 aliphatic heterocycles. The average molecular weight is 312 g/mol. The molecule has 0 spiro atoms. The van der Waals surface area contributed by atoms with Crippen LogP contribution in [0.2, 0.25) is 0 Å². The Bertz CT molecular complexity index is 653. The first-order valence-electron chi connectivity index (χ1n) is 7.93. The summed E-state index contributed by atoms with van der Waals surface area (Å²) in [5.74, 6) is -0.217. The smallest absolute Gasteiger partial charge is 0.242 e. The van der Waals surface area contributed by atoms with Gasteiger partial charge in [0.1, 0.15) is 11.9 Å². The summed E-state index contributed by atoms with van der Waals surface area (Å²) >= 11 is 0. The summed E-state index contributed by atoms with van der Waals surface area (Å²) in [5, 5.41) is 3.09. The van der Waals surface area contributed by atoms with Gasteiger partial charge in [-0.25, -0.2) is 4.39 Å². The summed E-state index contributed by atoms with van der Waals surface area (Å²) < 4.78 is 13.0. The molecule has 0 radical (unpaired) electrons. The highest BCUT2D eigenvalue weighted by Crippen LogP contribution is 2.25. The first-order valence-corrected chi connectivity index (χ1v) is 7.93. The second-order valence-corrected chi connectivity index (χ2v) is 6.14. The van der Waals surface area contributed by atoms with Crippen LogP contribution in [0, 0.1) is 5.82 Å². The highest BCUT2D eigenvalue weighted by molar-refractivity contribution is 5.83. The summed E-state index contributed by atoms with van der Waals surface area (Å²) in [6, 6.07) is 16.2. The molecule has 23 heavy (non-hydrogen) atoms. The Morgan fingerprint density at radius 3 is 2.43 bits per heavy atom. The van der Waals surface area contributed by atoms with E-state index in [9.17, 15) is 9.18 Å². The van der Waals surface area contributed by atoms with Gasteiger partial charge in [-0.1, -0.05) is 42.5 Å². The zero-order valence-electron chi connectivity index (χ0n) is 13.2. The van der Waals surface area contributed by atoms with Crippen LogP contribution in [0.5, 0.6) is 0 Å². The molecule has 3 rings (SSSR count). The van der Waals surface area contributed by atoms with Crippen molar-refractivity contribution in [2.75, 3.05) is 7.05 Å². The van der Waals surface area contributed by atoms with Crippen molar-refractivity contribution in [3.63, 3.8) is 0 Å². The molecule has 0 unspecified atom stereocenters. The molecule has 1 saturated carbocycles. The molecule has 1 amide bonds. The van der Waals surface area contributed by atoms with E-state index in [0.717, 1.165) is 24.0 Å². The van der Waals surface area contributed by atoms with Gasteiger partial charge in [-0.3, -0.25) is 9.69 Å². The van der Waals surface area contributed by atoms with Crippen LogP contribution in [-0.4, -0.2) is 23.9 Å². The highest BCUT2D eigenvalue weighted by Gasteiger charge is 2.30. The molecule has 120 valence electrons. The largest absolute Gasteiger partial charge is 0.352 e. The minimum Gasteiger partial charge on any atom is -0.352 e. The predicted molar refractivity (Wildman–Crippen MR) is 88.2 cm³/mol. The minimum atomic E-state index is -0.346. The number of rotatable bonds is 6. The third-order valence-electron chi connectivity index (χ3n) is 4.07. The number of halogens is 1. The van der Waals surface area contributed by atoms with Crippen LogP contribution in [0.25, 0.3) is 0 Å². The Labute approximate surface area is 136 Å². The average Bonchev–Trinajstić information content (AvgIpc) is 3.35. The van der Waals surface area contributed by atoms with E-state index in [1.807, 2.05) is 42.3 Å². The van der Waals surface area contributed by atoms with Gasteiger partial charge in [0, 0.05) is 12.6 Å². The van der Waals surface area contributed by atoms with Gasteiger partial charge < -0.3 is 5.32 Å². The van der Waals surface area contributed by atoms with Crippen LogP contribution in [0.15, 0.2) is 54.6 Å². The normalized spacial score (nSPS) is 15.4. The molecular formula is C19H21FN2O. The Balaban J connectivity index is 1.78. The van der Waals surface area contributed by atoms with Crippen molar-refractivity contribution in [3.8, 4) is 0 Å². The van der Waals surface area contributed by atoms with Gasteiger partial charge in [0.25, 0.3) is 0 Å². The number of likely N-dealkylation sites (N-methyl/N-ethyl adjacent to an activating group) is 1. The third-order valence-corrected chi connectivity index (χ3v) is 4.07. The van der Waals surface area contributed by atoms with E-state index in [4.69, 9.17) is 0 Å². The molecule has 1 N–H and O–H groups in total. The highest BCUT2D eigenvalue weighted by atomic mass is 19.1. The maximum absolute atomic E-state index is 13.0. The van der Waals surface area contributed by atoms with Gasteiger partial charge in [-0.05, 0) is 43.1 Å². The monoisotopic (exact) mass is 312 g/mol. The van der Waals surface area contributed by atoms with E-state index in [-0.39, 0.29) is 17.8 Å². The van der Waals surface area contributed by atoms with E-state index >= 15 is 0 Å². The SMILES string of the molecule is CN(Cc1ccc(F)cc1)[C@H](C(=O)NC1CC1)c1ccccc1. The molecule has 1 aliphatic rings. The fourth-order valence-electron chi connectivity index (χ4n) is 2.72. The molecule has 2 aromatic carbocycles. The van der Waals surface area contributed by atoms with Gasteiger partial charge in [-0.2, -0.15) is 0 Å². The van der Waals surface area contributed by atoms with E-state index in [1.165, 1.54) is 12.1 Å². The second-order valence-electron chi connectivity index (χ2n) is 6.14. The summed E-state index contributed by atoms with van der Waals surface area (Å²) in [5.41, 5.74) is 1.95. The van der Waals surface area contributed by atoms with Crippen molar-refractivity contribution in [3.05, 3.63) is 71.5 Å². The Morgan fingerprint density at radius 2 is 1.83 bits per heavy atom. The first kappa shape index (κ1) is 15.7. The van der Waals surface area contributed by atoms with E-state index < -0.39 is 0 Å². The van der Waals surface area contributed by atoms with Gasteiger partial charge in [-0.15, -0.1) is 0 Å². The number of carbonyl (C=O) groups is 1. The quantitative estimate of drug-likeness (QED) is 0.888. The molecule has 4 heteroatoms. The zero-order valence-corrected chi connectivity index (χ0v) is 13.2. The Hall–Kier alpha value is -2.20. The van der Waals surface area contributed by atoms with E-state index in [2.05, 4.69) is 5.32 Å². The van der Waals surface area contributed by atoms with Gasteiger partial charge in [0.2, 0.25) is 5.91 Å². The molecule has 0 saturated heterocycles. The molecule has 3 nitrogen and oxygen atoms in total. The number of hydrogen-bond acceptors (Lipinski definition) is 2. The van der Waals surface area contributed by atoms with Crippen molar-refractivity contribution in [1.29, 1.82) is 0 Å². The lowest BCUT2D eigenvalue weighted by atomic mass is 10.0. The maximum atomic E-state index is 13.0. The lowest BCUT2D eigenvalue weighted by Gasteiger charge is -2.27. The van der Waals surface area contributed by atoms with E-state index in [1.54, 1.807) is 12.1 Å². The molecule has 0 aromatic heterocycles. The first-order chi connectivity index (χ1) is 11.1. The van der Waals surface area contributed by atoms with Crippen LogP contribution in [0.3, 0.4) is 0 Å². The molecule has 1 aliphatic carbocycles. The predicted octanol–water partition coefficient (Wildman–Crippen LogP) is 3.28. The second kappa shape index (κ2) is 6.92. The van der Waals surface area contributed by atoms with Crippen LogP contribution in [-0.2, 0) is 11.3 Å². The Kier molecular flexibility index (Phi) is 4.72. The van der Waals surface area contributed by atoms with Gasteiger partial charge in [0.05, 0.1) is 0 Å². The lowest BCUT2D eigenvalue weighted by Crippen LogP contribution is -2.39. The summed E-state index contributed by atoms with van der Waals surface area (Å²) in [6.07, 6.45) is 2.13. The van der Waals surface area contributed by atoms with Crippen LogP contribution < -0.4 is 5.32 Å².